The SMILES string of the molecule is CCCNc1ccc(C(=O)NCCCC[C@H](NC(=O)COCCOCCCC(=O)COCCOCCCC(=O)CCCCCCCCCCCCCCC(=O)O)C(N)=O)cc1. The van der Waals surface area contributed by atoms with Crippen molar-refractivity contribution >= 4 is 40.9 Å². The second kappa shape index (κ2) is 39.0. The van der Waals surface area contributed by atoms with Gasteiger partial charge in [0.1, 0.15) is 25.0 Å². The number of hydrogen-bond donors (Lipinski definition) is 5. The molecule has 0 aliphatic rings. The van der Waals surface area contributed by atoms with Gasteiger partial charge in [-0.15, -0.1) is 0 Å². The van der Waals surface area contributed by atoms with Gasteiger partial charge in [0.25, 0.3) is 5.91 Å². The number of nitrogens with one attached hydrogen (secondary N) is 3. The zero-order valence-corrected chi connectivity index (χ0v) is 37.1. The van der Waals surface area contributed by atoms with E-state index in [1.165, 1.54) is 44.9 Å². The van der Waals surface area contributed by atoms with E-state index < -0.39 is 23.8 Å². The smallest absolute Gasteiger partial charge is 0.303 e. The number of hydrogen-bond acceptors (Lipinski definition) is 11. The van der Waals surface area contributed by atoms with Crippen molar-refractivity contribution in [2.45, 2.75) is 154 Å². The molecule has 0 fully saturated rings. The van der Waals surface area contributed by atoms with Crippen molar-refractivity contribution in [1.29, 1.82) is 0 Å². The maximum atomic E-state index is 12.4. The highest BCUT2D eigenvalue weighted by atomic mass is 16.5. The fraction of sp³-hybridized carbons (Fsp3) is 0.739. The van der Waals surface area contributed by atoms with E-state index in [9.17, 15) is 28.8 Å². The summed E-state index contributed by atoms with van der Waals surface area (Å²) in [6, 6.07) is 6.43. The Morgan fingerprint density at radius 1 is 0.574 bits per heavy atom. The molecule has 1 rings (SSSR count). The zero-order valence-electron chi connectivity index (χ0n) is 37.1. The molecule has 15 heteroatoms. The predicted octanol–water partition coefficient (Wildman–Crippen LogP) is 6.69. The Hall–Kier alpha value is -3.92. The molecule has 1 atom stereocenters. The molecule has 0 heterocycles. The monoisotopic (exact) mass is 863 g/mol. The van der Waals surface area contributed by atoms with Crippen molar-refractivity contribution < 1.29 is 52.8 Å². The molecule has 0 aromatic heterocycles. The van der Waals surface area contributed by atoms with Gasteiger partial charge in [-0.1, -0.05) is 71.1 Å². The Balaban J connectivity index is 1.89. The minimum absolute atomic E-state index is 0.00691. The lowest BCUT2D eigenvalue weighted by atomic mass is 10.0. The molecule has 1 aromatic rings. The first-order valence-electron chi connectivity index (χ1n) is 22.9. The fourth-order valence-corrected chi connectivity index (χ4v) is 6.40. The molecular formula is C46H78N4O11. The number of amides is 3. The molecular weight excluding hydrogens is 785 g/mol. The number of carbonyl (C=O) groups is 6. The zero-order chi connectivity index (χ0) is 44.6. The summed E-state index contributed by atoms with van der Waals surface area (Å²) in [4.78, 5) is 71.2. The van der Waals surface area contributed by atoms with Crippen molar-refractivity contribution in [3.63, 3.8) is 0 Å². The van der Waals surface area contributed by atoms with Gasteiger partial charge < -0.3 is 45.7 Å². The molecule has 61 heavy (non-hydrogen) atoms. The van der Waals surface area contributed by atoms with Gasteiger partial charge in [-0.2, -0.15) is 0 Å². The lowest BCUT2D eigenvalue weighted by Crippen LogP contribution is -2.45. The summed E-state index contributed by atoms with van der Waals surface area (Å²) in [6.07, 6.45) is 19.0. The van der Waals surface area contributed by atoms with Gasteiger partial charge in [0, 0.05) is 63.2 Å². The van der Waals surface area contributed by atoms with E-state index in [-0.39, 0.29) is 50.3 Å². The molecule has 0 saturated heterocycles. The van der Waals surface area contributed by atoms with Gasteiger partial charge in [-0.3, -0.25) is 28.8 Å². The van der Waals surface area contributed by atoms with Crippen LogP contribution in [-0.4, -0.2) is 112 Å². The quantitative estimate of drug-likeness (QED) is 0.0433. The lowest BCUT2D eigenvalue weighted by Gasteiger charge is -2.15. The van der Waals surface area contributed by atoms with E-state index in [1.807, 2.05) is 12.1 Å². The molecule has 0 spiro atoms. The van der Waals surface area contributed by atoms with Gasteiger partial charge >= 0.3 is 5.97 Å². The van der Waals surface area contributed by atoms with E-state index in [0.717, 1.165) is 50.8 Å². The van der Waals surface area contributed by atoms with E-state index in [4.69, 9.17) is 29.8 Å². The van der Waals surface area contributed by atoms with Gasteiger partial charge in [0.05, 0.1) is 26.4 Å². The molecule has 0 aliphatic carbocycles. The van der Waals surface area contributed by atoms with Gasteiger partial charge in [0.2, 0.25) is 11.8 Å². The number of nitrogens with two attached hydrogens (primary N) is 1. The number of Topliss-reactive ketones (excluding diaryl/α,β-unsaturated/α-hetero) is 2. The number of ketones is 2. The minimum atomic E-state index is -0.840. The van der Waals surface area contributed by atoms with E-state index >= 15 is 0 Å². The third-order valence-corrected chi connectivity index (χ3v) is 9.94. The molecule has 1 aromatic carbocycles. The van der Waals surface area contributed by atoms with Crippen LogP contribution in [0.4, 0.5) is 5.69 Å². The van der Waals surface area contributed by atoms with Gasteiger partial charge in [0.15, 0.2) is 5.78 Å². The van der Waals surface area contributed by atoms with E-state index in [1.54, 1.807) is 12.1 Å². The highest BCUT2D eigenvalue weighted by molar-refractivity contribution is 5.94. The van der Waals surface area contributed by atoms with E-state index in [0.29, 0.717) is 89.9 Å². The normalized spacial score (nSPS) is 11.6. The number of ether oxygens (including phenoxy) is 4. The Labute approximate surface area is 364 Å². The van der Waals surface area contributed by atoms with Gasteiger partial charge in [-0.05, 0) is 75.6 Å². The second-order valence-corrected chi connectivity index (χ2v) is 15.5. The summed E-state index contributed by atoms with van der Waals surface area (Å²) in [5.74, 6) is -1.73. The van der Waals surface area contributed by atoms with Crippen LogP contribution in [0.15, 0.2) is 24.3 Å². The molecule has 15 nitrogen and oxygen atoms in total. The molecule has 348 valence electrons. The summed E-state index contributed by atoms with van der Waals surface area (Å²) >= 11 is 0. The lowest BCUT2D eigenvalue weighted by molar-refractivity contribution is -0.137. The van der Waals surface area contributed by atoms with Crippen LogP contribution in [0.2, 0.25) is 0 Å². The van der Waals surface area contributed by atoms with Crippen LogP contribution in [0.3, 0.4) is 0 Å². The summed E-state index contributed by atoms with van der Waals surface area (Å²) < 4.78 is 21.8. The van der Waals surface area contributed by atoms with Crippen LogP contribution in [0.1, 0.15) is 159 Å². The number of rotatable bonds is 44. The average Bonchev–Trinajstić information content (AvgIpc) is 3.24. The third-order valence-electron chi connectivity index (χ3n) is 9.94. The number of carboxylic acids is 1. The first-order valence-corrected chi connectivity index (χ1v) is 22.9. The van der Waals surface area contributed by atoms with Crippen molar-refractivity contribution in [3.8, 4) is 0 Å². The summed E-state index contributed by atoms with van der Waals surface area (Å²) in [6.45, 7) is 5.07. The van der Waals surface area contributed by atoms with Gasteiger partial charge in [-0.25, -0.2) is 0 Å². The number of anilines is 1. The largest absolute Gasteiger partial charge is 0.481 e. The van der Waals surface area contributed by atoms with Crippen LogP contribution in [0.25, 0.3) is 0 Å². The minimum Gasteiger partial charge on any atom is -0.481 e. The Morgan fingerprint density at radius 3 is 1.64 bits per heavy atom. The van der Waals surface area contributed by atoms with Crippen molar-refractivity contribution in [2.24, 2.45) is 5.73 Å². The summed E-state index contributed by atoms with van der Waals surface area (Å²) in [7, 11) is 0. The number of carboxylic acid groups (broad SMARTS) is 1. The molecule has 0 radical (unpaired) electrons. The Bertz CT molecular complexity index is 1330. The maximum Gasteiger partial charge on any atom is 0.303 e. The van der Waals surface area contributed by atoms with Crippen molar-refractivity contribution in [2.75, 3.05) is 71.3 Å². The Morgan fingerprint density at radius 2 is 1.08 bits per heavy atom. The topological polar surface area (TPSA) is 222 Å². The molecule has 6 N–H and O–H groups in total. The molecule has 0 saturated carbocycles. The Kier molecular flexibility index (Phi) is 35.2. The summed E-state index contributed by atoms with van der Waals surface area (Å²) in [5.41, 5.74) is 7.00. The maximum absolute atomic E-state index is 12.4. The standard InChI is InChI=1S/C46H78N4O11/c1-2-28-48-39-26-24-38(25-27-39)46(57)49-29-16-15-22-42(45(47)56)50-43(53)37-61-35-33-59-31-18-21-41(52)36-60-34-32-58-30-17-20-40(51)19-13-11-9-7-5-3-4-6-8-10-12-14-23-44(54)55/h24-27,42,48H,2-23,28-37H2,1H3,(H2,47,56)(H,49,57)(H,50,53)(H,54,55)/t42-/m0/s1. The molecule has 0 unspecified atom stereocenters. The number of benzene rings is 1. The summed E-state index contributed by atoms with van der Waals surface area (Å²) in [5, 5.41) is 17.4. The number of aliphatic carboxylic acids is 1. The predicted molar refractivity (Wildman–Crippen MR) is 237 cm³/mol. The fourth-order valence-electron chi connectivity index (χ4n) is 6.40. The first kappa shape index (κ1) is 55.1. The second-order valence-electron chi connectivity index (χ2n) is 15.5. The van der Waals surface area contributed by atoms with Crippen LogP contribution in [0.5, 0.6) is 0 Å². The molecule has 0 aliphatic heterocycles. The van der Waals surface area contributed by atoms with Crippen molar-refractivity contribution in [3.05, 3.63) is 29.8 Å². The van der Waals surface area contributed by atoms with Crippen LogP contribution in [0, 0.1) is 0 Å². The molecule has 3 amide bonds. The van der Waals surface area contributed by atoms with E-state index in [2.05, 4.69) is 22.9 Å². The number of carbonyl (C=O) groups excluding carboxylic acids is 5. The number of primary amides is 1. The highest BCUT2D eigenvalue weighted by Crippen LogP contribution is 2.14. The first-order chi connectivity index (χ1) is 29.6. The van der Waals surface area contributed by atoms with Crippen LogP contribution < -0.4 is 21.7 Å². The van der Waals surface area contributed by atoms with Crippen LogP contribution in [-0.2, 0) is 42.9 Å². The highest BCUT2D eigenvalue weighted by Gasteiger charge is 2.18. The van der Waals surface area contributed by atoms with Crippen LogP contribution >= 0.6 is 0 Å². The molecule has 0 bridgehead atoms. The average molecular weight is 863 g/mol. The third kappa shape index (κ3) is 34.4. The van der Waals surface area contributed by atoms with Crippen molar-refractivity contribution in [1.82, 2.24) is 10.6 Å². The number of unbranched alkanes of at least 4 members (excludes halogenated alkanes) is 12.